The highest BCUT2D eigenvalue weighted by Crippen LogP contribution is 2.26. The van der Waals surface area contributed by atoms with E-state index in [1.807, 2.05) is 60.4 Å². The van der Waals surface area contributed by atoms with Crippen molar-refractivity contribution in [1.29, 1.82) is 0 Å². The predicted molar refractivity (Wildman–Crippen MR) is 105 cm³/mol. The Hall–Kier alpha value is -2.40. The summed E-state index contributed by atoms with van der Waals surface area (Å²) < 4.78 is 5.60. The topological polar surface area (TPSA) is 44.8 Å². The van der Waals surface area contributed by atoms with Gasteiger partial charge in [0, 0.05) is 38.3 Å². The van der Waals surface area contributed by atoms with Crippen molar-refractivity contribution in [2.24, 2.45) is 0 Å². The minimum atomic E-state index is -0.0462. The van der Waals surface area contributed by atoms with Crippen LogP contribution in [0.4, 0.5) is 10.5 Å². The van der Waals surface area contributed by atoms with Gasteiger partial charge in [-0.15, -0.1) is 0 Å². The number of benzene rings is 2. The van der Waals surface area contributed by atoms with Gasteiger partial charge >= 0.3 is 6.03 Å². The van der Waals surface area contributed by atoms with Gasteiger partial charge in [-0.1, -0.05) is 41.9 Å². The number of amides is 2. The zero-order valence-corrected chi connectivity index (χ0v) is 15.7. The van der Waals surface area contributed by atoms with Crippen LogP contribution in [0.2, 0.25) is 5.02 Å². The summed E-state index contributed by atoms with van der Waals surface area (Å²) in [5, 5.41) is 3.74. The molecule has 2 amide bonds. The van der Waals surface area contributed by atoms with E-state index in [0.29, 0.717) is 26.2 Å². The number of para-hydroxylation sites is 2. The summed E-state index contributed by atoms with van der Waals surface area (Å²) in [5.74, 6) is 0.818. The van der Waals surface area contributed by atoms with Crippen molar-refractivity contribution in [2.75, 3.05) is 37.7 Å². The molecule has 2 aromatic carbocycles. The fraction of sp³-hybridized carbons (Fsp3) is 0.350. The molecule has 26 heavy (non-hydrogen) atoms. The van der Waals surface area contributed by atoms with E-state index in [9.17, 15) is 4.79 Å². The third-order valence-corrected chi connectivity index (χ3v) is 4.78. The second-order valence-electron chi connectivity index (χ2n) is 6.12. The Kier molecular flexibility index (Phi) is 6.23. The van der Waals surface area contributed by atoms with Crippen LogP contribution in [-0.2, 0) is 6.54 Å². The summed E-state index contributed by atoms with van der Waals surface area (Å²) in [6.07, 6.45) is 0. The first-order chi connectivity index (χ1) is 12.7. The molecule has 1 fully saturated rings. The van der Waals surface area contributed by atoms with Gasteiger partial charge in [-0.3, -0.25) is 0 Å². The van der Waals surface area contributed by atoms with Crippen molar-refractivity contribution >= 4 is 23.3 Å². The van der Waals surface area contributed by atoms with Crippen molar-refractivity contribution in [3.63, 3.8) is 0 Å². The SMILES string of the molecule is CCOc1ccccc1CNC(=O)N1CCN(c2ccccc2Cl)CC1. The largest absolute Gasteiger partial charge is 0.494 e. The molecule has 0 saturated carbocycles. The molecule has 1 aliphatic heterocycles. The molecule has 0 radical (unpaired) electrons. The van der Waals surface area contributed by atoms with E-state index >= 15 is 0 Å². The average Bonchev–Trinajstić information content (AvgIpc) is 2.68. The number of ether oxygens (including phenoxy) is 1. The first-order valence-electron chi connectivity index (χ1n) is 8.92. The number of rotatable bonds is 5. The third kappa shape index (κ3) is 4.41. The van der Waals surface area contributed by atoms with Crippen LogP contribution in [0.25, 0.3) is 0 Å². The molecule has 2 aromatic rings. The van der Waals surface area contributed by atoms with E-state index in [1.165, 1.54) is 0 Å². The summed E-state index contributed by atoms with van der Waals surface area (Å²) in [6, 6.07) is 15.6. The molecule has 1 aliphatic rings. The van der Waals surface area contributed by atoms with Gasteiger partial charge in [-0.25, -0.2) is 4.79 Å². The van der Waals surface area contributed by atoms with Crippen molar-refractivity contribution in [1.82, 2.24) is 10.2 Å². The maximum atomic E-state index is 12.5. The van der Waals surface area contributed by atoms with Crippen LogP contribution < -0.4 is 15.0 Å². The van der Waals surface area contributed by atoms with Crippen molar-refractivity contribution < 1.29 is 9.53 Å². The first-order valence-corrected chi connectivity index (χ1v) is 9.29. The number of urea groups is 1. The number of carbonyl (C=O) groups is 1. The molecular formula is C20H24ClN3O2. The number of nitrogens with zero attached hydrogens (tertiary/aromatic N) is 2. The molecule has 1 N–H and O–H groups in total. The zero-order chi connectivity index (χ0) is 18.4. The lowest BCUT2D eigenvalue weighted by molar-refractivity contribution is 0.194. The smallest absolute Gasteiger partial charge is 0.317 e. The molecule has 0 unspecified atom stereocenters. The Morgan fingerprint density at radius 2 is 1.77 bits per heavy atom. The number of halogens is 1. The van der Waals surface area contributed by atoms with Crippen LogP contribution in [0.5, 0.6) is 5.75 Å². The Morgan fingerprint density at radius 3 is 2.50 bits per heavy atom. The fourth-order valence-corrected chi connectivity index (χ4v) is 3.34. The van der Waals surface area contributed by atoms with Crippen LogP contribution in [0, 0.1) is 0 Å². The van der Waals surface area contributed by atoms with Crippen LogP contribution in [-0.4, -0.2) is 43.7 Å². The van der Waals surface area contributed by atoms with E-state index in [1.54, 1.807) is 0 Å². The van der Waals surface area contributed by atoms with E-state index in [2.05, 4.69) is 10.2 Å². The summed E-state index contributed by atoms with van der Waals surface area (Å²) in [7, 11) is 0. The maximum absolute atomic E-state index is 12.5. The zero-order valence-electron chi connectivity index (χ0n) is 15.0. The Bertz CT molecular complexity index is 745. The van der Waals surface area contributed by atoms with E-state index in [-0.39, 0.29) is 6.03 Å². The Labute approximate surface area is 159 Å². The minimum absolute atomic E-state index is 0.0462. The fourth-order valence-electron chi connectivity index (χ4n) is 3.09. The summed E-state index contributed by atoms with van der Waals surface area (Å²) >= 11 is 6.27. The second kappa shape index (κ2) is 8.81. The standard InChI is InChI=1S/C20H24ClN3O2/c1-2-26-19-10-6-3-7-16(19)15-22-20(25)24-13-11-23(12-14-24)18-9-5-4-8-17(18)21/h3-10H,2,11-15H2,1H3,(H,22,25). The maximum Gasteiger partial charge on any atom is 0.317 e. The summed E-state index contributed by atoms with van der Waals surface area (Å²) in [5.41, 5.74) is 2.01. The monoisotopic (exact) mass is 373 g/mol. The molecule has 138 valence electrons. The van der Waals surface area contributed by atoms with Gasteiger partial charge in [0.05, 0.1) is 17.3 Å². The quantitative estimate of drug-likeness (QED) is 0.867. The number of nitrogens with one attached hydrogen (secondary N) is 1. The molecule has 5 nitrogen and oxygen atoms in total. The van der Waals surface area contributed by atoms with Crippen LogP contribution in [0.1, 0.15) is 12.5 Å². The summed E-state index contributed by atoms with van der Waals surface area (Å²) in [4.78, 5) is 16.5. The second-order valence-corrected chi connectivity index (χ2v) is 6.53. The normalized spacial score (nSPS) is 14.2. The lowest BCUT2D eigenvalue weighted by Gasteiger charge is -2.36. The molecule has 0 aromatic heterocycles. The molecule has 0 atom stereocenters. The molecule has 0 spiro atoms. The highest BCUT2D eigenvalue weighted by Gasteiger charge is 2.22. The highest BCUT2D eigenvalue weighted by atomic mass is 35.5. The minimum Gasteiger partial charge on any atom is -0.494 e. The number of hydrogen-bond donors (Lipinski definition) is 1. The van der Waals surface area contributed by atoms with Gasteiger partial charge in [0.1, 0.15) is 5.75 Å². The van der Waals surface area contributed by atoms with Crippen LogP contribution >= 0.6 is 11.6 Å². The number of piperazine rings is 1. The van der Waals surface area contributed by atoms with Crippen LogP contribution in [0.15, 0.2) is 48.5 Å². The van der Waals surface area contributed by atoms with E-state index < -0.39 is 0 Å². The van der Waals surface area contributed by atoms with Gasteiger partial charge in [0.25, 0.3) is 0 Å². The third-order valence-electron chi connectivity index (χ3n) is 4.46. The molecule has 3 rings (SSSR count). The molecular weight excluding hydrogens is 350 g/mol. The van der Waals surface area contributed by atoms with Crippen molar-refractivity contribution in [3.8, 4) is 5.75 Å². The van der Waals surface area contributed by atoms with Gasteiger partial charge in [-0.05, 0) is 25.1 Å². The van der Waals surface area contributed by atoms with Crippen molar-refractivity contribution in [2.45, 2.75) is 13.5 Å². The Morgan fingerprint density at radius 1 is 1.08 bits per heavy atom. The molecule has 0 bridgehead atoms. The number of anilines is 1. The van der Waals surface area contributed by atoms with E-state index in [0.717, 1.165) is 35.1 Å². The Balaban J connectivity index is 1.52. The first kappa shape index (κ1) is 18.4. The number of hydrogen-bond acceptors (Lipinski definition) is 3. The molecule has 6 heteroatoms. The van der Waals surface area contributed by atoms with Crippen molar-refractivity contribution in [3.05, 3.63) is 59.1 Å². The molecule has 1 saturated heterocycles. The lowest BCUT2D eigenvalue weighted by Crippen LogP contribution is -2.51. The van der Waals surface area contributed by atoms with E-state index in [4.69, 9.17) is 16.3 Å². The number of carbonyl (C=O) groups excluding carboxylic acids is 1. The van der Waals surface area contributed by atoms with Gasteiger partial charge in [-0.2, -0.15) is 0 Å². The van der Waals surface area contributed by atoms with Gasteiger partial charge < -0.3 is 19.9 Å². The van der Waals surface area contributed by atoms with Gasteiger partial charge in [0.15, 0.2) is 0 Å². The van der Waals surface area contributed by atoms with Crippen LogP contribution in [0.3, 0.4) is 0 Å². The lowest BCUT2D eigenvalue weighted by atomic mass is 10.2. The summed E-state index contributed by atoms with van der Waals surface area (Å²) in [6.45, 7) is 5.90. The highest BCUT2D eigenvalue weighted by molar-refractivity contribution is 6.33. The average molecular weight is 374 g/mol. The molecule has 0 aliphatic carbocycles. The van der Waals surface area contributed by atoms with Gasteiger partial charge in [0.2, 0.25) is 0 Å². The predicted octanol–water partition coefficient (Wildman–Crippen LogP) is 3.77. The molecule has 1 heterocycles.